The quantitative estimate of drug-likeness (QED) is 0.492. The highest BCUT2D eigenvalue weighted by atomic mass is 79.9. The van der Waals surface area contributed by atoms with Gasteiger partial charge in [0.2, 0.25) is 0 Å². The van der Waals surface area contributed by atoms with Crippen LogP contribution in [-0.4, -0.2) is 19.9 Å². The van der Waals surface area contributed by atoms with Gasteiger partial charge in [0.15, 0.2) is 10.2 Å². The highest BCUT2D eigenvalue weighted by Crippen LogP contribution is 2.32. The van der Waals surface area contributed by atoms with Crippen LogP contribution >= 0.6 is 27.7 Å². The summed E-state index contributed by atoms with van der Waals surface area (Å²) in [5.74, 6) is 0. The molecule has 2 aromatic rings. The van der Waals surface area contributed by atoms with E-state index < -0.39 is 4.92 Å². The van der Waals surface area contributed by atoms with E-state index in [4.69, 9.17) is 0 Å². The lowest BCUT2D eigenvalue weighted by Gasteiger charge is -2.00. The monoisotopic (exact) mass is 312 g/mol. The van der Waals surface area contributed by atoms with Gasteiger partial charge in [0, 0.05) is 29.1 Å². The first kappa shape index (κ1) is 11.9. The second kappa shape index (κ2) is 5.19. The van der Waals surface area contributed by atoms with Gasteiger partial charge < -0.3 is 0 Å². The molecule has 86 valence electrons. The molecule has 2 aromatic heterocycles. The molecule has 0 aliphatic heterocycles. The van der Waals surface area contributed by atoms with E-state index in [2.05, 4.69) is 30.9 Å². The Morgan fingerprint density at radius 3 is 2.65 bits per heavy atom. The van der Waals surface area contributed by atoms with E-state index in [1.165, 1.54) is 12.3 Å². The third kappa shape index (κ3) is 2.98. The summed E-state index contributed by atoms with van der Waals surface area (Å²) in [5.41, 5.74) is -0.0724. The van der Waals surface area contributed by atoms with Crippen molar-refractivity contribution >= 4 is 33.4 Å². The minimum atomic E-state index is -0.483. The number of pyridine rings is 1. The highest BCUT2D eigenvalue weighted by Gasteiger charge is 2.17. The van der Waals surface area contributed by atoms with Gasteiger partial charge in [0.1, 0.15) is 0 Å². The van der Waals surface area contributed by atoms with Crippen molar-refractivity contribution in [2.75, 3.05) is 0 Å². The summed E-state index contributed by atoms with van der Waals surface area (Å²) in [6.07, 6.45) is 4.64. The van der Waals surface area contributed by atoms with E-state index in [-0.39, 0.29) is 10.7 Å². The van der Waals surface area contributed by atoms with E-state index in [0.29, 0.717) is 9.63 Å². The minimum absolute atomic E-state index is 0.0724. The lowest BCUT2D eigenvalue weighted by Crippen LogP contribution is -1.94. The zero-order valence-corrected chi connectivity index (χ0v) is 10.7. The van der Waals surface area contributed by atoms with Gasteiger partial charge >= 0.3 is 5.69 Å². The Bertz CT molecular complexity index is 552. The maximum atomic E-state index is 10.9. The van der Waals surface area contributed by atoms with Crippen LogP contribution in [0.15, 0.2) is 45.4 Å². The molecular weight excluding hydrogens is 308 g/mol. The van der Waals surface area contributed by atoms with Gasteiger partial charge in [-0.25, -0.2) is 15.0 Å². The number of hydrogen-bond acceptors (Lipinski definition) is 6. The molecule has 0 saturated heterocycles. The Balaban J connectivity index is 2.36. The number of aromatic nitrogens is 3. The van der Waals surface area contributed by atoms with Crippen LogP contribution in [0.5, 0.6) is 0 Å². The molecule has 0 radical (unpaired) electrons. The summed E-state index contributed by atoms with van der Waals surface area (Å²) in [5, 5.41) is 11.5. The van der Waals surface area contributed by atoms with Crippen LogP contribution in [0.25, 0.3) is 0 Å². The molecule has 0 bridgehead atoms. The van der Waals surface area contributed by atoms with E-state index >= 15 is 0 Å². The topological polar surface area (TPSA) is 81.8 Å². The molecule has 0 aliphatic carbocycles. The van der Waals surface area contributed by atoms with Crippen LogP contribution < -0.4 is 0 Å². The standard InChI is InChI=1S/C9H5BrN4O2S/c10-6-4-7(14(15)16)8(13-5-6)17-9-11-2-1-3-12-9/h1-5H. The van der Waals surface area contributed by atoms with Gasteiger partial charge in [0.25, 0.3) is 0 Å². The third-order valence-electron chi connectivity index (χ3n) is 1.73. The predicted molar refractivity (Wildman–Crippen MR) is 64.7 cm³/mol. The fourth-order valence-corrected chi connectivity index (χ4v) is 2.11. The molecule has 0 aromatic carbocycles. The van der Waals surface area contributed by atoms with E-state index in [1.807, 2.05) is 0 Å². The van der Waals surface area contributed by atoms with Gasteiger partial charge in [-0.2, -0.15) is 0 Å². The molecule has 2 rings (SSSR count). The molecule has 0 unspecified atom stereocenters. The van der Waals surface area contributed by atoms with Crippen molar-refractivity contribution in [3.63, 3.8) is 0 Å². The summed E-state index contributed by atoms with van der Waals surface area (Å²) in [6, 6.07) is 3.08. The number of halogens is 1. The van der Waals surface area contributed by atoms with E-state index in [1.54, 1.807) is 18.5 Å². The van der Waals surface area contributed by atoms with Gasteiger partial charge in [-0.3, -0.25) is 10.1 Å². The number of hydrogen-bond donors (Lipinski definition) is 0. The molecule has 0 atom stereocenters. The first-order chi connectivity index (χ1) is 8.16. The molecule has 8 heteroatoms. The largest absolute Gasteiger partial charge is 0.302 e. The molecule has 17 heavy (non-hydrogen) atoms. The average Bonchev–Trinajstić information content (AvgIpc) is 2.32. The number of rotatable bonds is 3. The van der Waals surface area contributed by atoms with Crippen LogP contribution in [-0.2, 0) is 0 Å². The summed E-state index contributed by atoms with van der Waals surface area (Å²) < 4.78 is 0.558. The second-order valence-electron chi connectivity index (χ2n) is 2.87. The molecule has 0 amide bonds. The summed E-state index contributed by atoms with van der Waals surface area (Å²) >= 11 is 4.20. The van der Waals surface area contributed by atoms with Crippen molar-refractivity contribution in [1.82, 2.24) is 15.0 Å². The predicted octanol–water partition coefficient (Wildman–Crippen LogP) is 2.69. The first-order valence-electron chi connectivity index (χ1n) is 4.41. The fourth-order valence-electron chi connectivity index (χ4n) is 1.05. The number of nitrogens with zero attached hydrogens (tertiary/aromatic N) is 4. The van der Waals surface area contributed by atoms with Crippen LogP contribution in [0, 0.1) is 10.1 Å². The number of nitro groups is 1. The summed E-state index contributed by atoms with van der Waals surface area (Å²) in [7, 11) is 0. The lowest BCUT2D eigenvalue weighted by molar-refractivity contribution is -0.388. The van der Waals surface area contributed by atoms with Gasteiger partial charge in [-0.05, 0) is 33.8 Å². The van der Waals surface area contributed by atoms with Crippen LogP contribution in [0.3, 0.4) is 0 Å². The molecule has 0 aliphatic rings. The SMILES string of the molecule is O=[N+]([O-])c1cc(Br)cnc1Sc1ncccn1. The highest BCUT2D eigenvalue weighted by molar-refractivity contribution is 9.10. The van der Waals surface area contributed by atoms with Crippen LogP contribution in [0.2, 0.25) is 0 Å². The minimum Gasteiger partial charge on any atom is -0.258 e. The van der Waals surface area contributed by atoms with Gasteiger partial charge in [-0.1, -0.05) is 0 Å². The maximum Gasteiger partial charge on any atom is 0.302 e. The Hall–Kier alpha value is -1.54. The molecular formula is C9H5BrN4O2S. The Morgan fingerprint density at radius 1 is 1.29 bits per heavy atom. The van der Waals surface area contributed by atoms with Crippen LogP contribution in [0.4, 0.5) is 5.69 Å². The molecule has 0 saturated carbocycles. The van der Waals surface area contributed by atoms with Gasteiger partial charge in [-0.15, -0.1) is 0 Å². The van der Waals surface area contributed by atoms with Gasteiger partial charge in [0.05, 0.1) is 4.92 Å². The zero-order chi connectivity index (χ0) is 12.3. The Kier molecular flexibility index (Phi) is 3.64. The molecule has 2 heterocycles. The second-order valence-corrected chi connectivity index (χ2v) is 4.74. The van der Waals surface area contributed by atoms with Crippen molar-refractivity contribution in [3.05, 3.63) is 45.3 Å². The molecule has 0 spiro atoms. The third-order valence-corrected chi connectivity index (χ3v) is 3.06. The molecule has 0 N–H and O–H groups in total. The van der Waals surface area contributed by atoms with E-state index in [0.717, 1.165) is 11.8 Å². The Labute approximate surface area is 109 Å². The smallest absolute Gasteiger partial charge is 0.258 e. The maximum absolute atomic E-state index is 10.9. The van der Waals surface area contributed by atoms with Crippen LogP contribution in [0.1, 0.15) is 0 Å². The molecule has 6 nitrogen and oxygen atoms in total. The first-order valence-corrected chi connectivity index (χ1v) is 6.02. The van der Waals surface area contributed by atoms with Crippen molar-refractivity contribution in [3.8, 4) is 0 Å². The normalized spacial score (nSPS) is 10.2. The lowest BCUT2D eigenvalue weighted by atomic mass is 10.4. The summed E-state index contributed by atoms with van der Waals surface area (Å²) in [6.45, 7) is 0. The average molecular weight is 313 g/mol. The van der Waals surface area contributed by atoms with Crippen molar-refractivity contribution in [2.24, 2.45) is 0 Å². The fraction of sp³-hybridized carbons (Fsp3) is 0. The van der Waals surface area contributed by atoms with Crippen molar-refractivity contribution < 1.29 is 4.92 Å². The molecule has 0 fully saturated rings. The Morgan fingerprint density at radius 2 is 2.00 bits per heavy atom. The van der Waals surface area contributed by atoms with E-state index in [9.17, 15) is 10.1 Å². The van der Waals surface area contributed by atoms with Crippen molar-refractivity contribution in [1.29, 1.82) is 0 Å². The summed E-state index contributed by atoms with van der Waals surface area (Å²) in [4.78, 5) is 22.3. The van der Waals surface area contributed by atoms with Crippen molar-refractivity contribution in [2.45, 2.75) is 10.2 Å². The zero-order valence-electron chi connectivity index (χ0n) is 8.28.